The molecule has 4 N–H and O–H groups in total. The summed E-state index contributed by atoms with van der Waals surface area (Å²) in [5.74, 6) is -0.408. The van der Waals surface area contributed by atoms with Crippen LogP contribution in [0.4, 0.5) is 11.4 Å². The van der Waals surface area contributed by atoms with E-state index in [9.17, 15) is 9.59 Å². The molecule has 0 spiro atoms. The summed E-state index contributed by atoms with van der Waals surface area (Å²) in [6.45, 7) is 2.09. The van der Waals surface area contributed by atoms with E-state index in [1.165, 1.54) is 0 Å². The first kappa shape index (κ1) is 14.3. The zero-order chi connectivity index (χ0) is 15.9. The second kappa shape index (κ2) is 5.30. The van der Waals surface area contributed by atoms with Crippen molar-refractivity contribution in [1.29, 1.82) is 0 Å². The number of hydrogen-bond acceptors (Lipinski definition) is 4. The van der Waals surface area contributed by atoms with Gasteiger partial charge < -0.3 is 11.5 Å². The van der Waals surface area contributed by atoms with Gasteiger partial charge in [0, 0.05) is 22.5 Å². The van der Waals surface area contributed by atoms with Crippen LogP contribution in [0.3, 0.4) is 0 Å². The van der Waals surface area contributed by atoms with Gasteiger partial charge in [0.15, 0.2) is 11.6 Å². The molecule has 0 radical (unpaired) electrons. The summed E-state index contributed by atoms with van der Waals surface area (Å²) in [5, 5.41) is 0. The number of nitrogen functional groups attached to an aromatic ring is 2. The third-order valence-corrected chi connectivity index (χ3v) is 4.15. The first-order valence-corrected chi connectivity index (χ1v) is 7.45. The van der Waals surface area contributed by atoms with E-state index < -0.39 is 0 Å². The summed E-state index contributed by atoms with van der Waals surface area (Å²) in [6.07, 6.45) is 2.77. The molecule has 4 heteroatoms. The molecule has 0 unspecified atom stereocenters. The number of benzene rings is 2. The molecule has 22 heavy (non-hydrogen) atoms. The SMILES string of the molecule is CCCCc1cccc2c1C(=O)c1c(N)ccc(N)c1C2=O. The molecule has 4 nitrogen and oxygen atoms in total. The van der Waals surface area contributed by atoms with Gasteiger partial charge in [-0.05, 0) is 30.5 Å². The number of fused-ring (bicyclic) bond motifs is 2. The quantitative estimate of drug-likeness (QED) is 0.727. The molecule has 0 fully saturated rings. The largest absolute Gasteiger partial charge is 0.398 e. The van der Waals surface area contributed by atoms with Gasteiger partial charge in [-0.2, -0.15) is 0 Å². The molecule has 0 saturated heterocycles. The Morgan fingerprint density at radius 1 is 0.864 bits per heavy atom. The predicted octanol–water partition coefficient (Wildman–Crippen LogP) is 2.97. The van der Waals surface area contributed by atoms with E-state index in [0.29, 0.717) is 22.5 Å². The molecule has 0 bridgehead atoms. The minimum absolute atomic E-state index is 0.193. The van der Waals surface area contributed by atoms with Crippen molar-refractivity contribution in [2.45, 2.75) is 26.2 Å². The monoisotopic (exact) mass is 294 g/mol. The van der Waals surface area contributed by atoms with Crippen molar-refractivity contribution in [2.24, 2.45) is 0 Å². The van der Waals surface area contributed by atoms with Gasteiger partial charge in [-0.25, -0.2) is 0 Å². The molecule has 2 aromatic rings. The Morgan fingerprint density at radius 2 is 1.50 bits per heavy atom. The molecule has 0 atom stereocenters. The van der Waals surface area contributed by atoms with E-state index >= 15 is 0 Å². The summed E-state index contributed by atoms with van der Waals surface area (Å²) >= 11 is 0. The van der Waals surface area contributed by atoms with Crippen LogP contribution >= 0.6 is 0 Å². The lowest BCUT2D eigenvalue weighted by Gasteiger charge is -2.22. The van der Waals surface area contributed by atoms with Crippen molar-refractivity contribution in [1.82, 2.24) is 0 Å². The zero-order valence-corrected chi connectivity index (χ0v) is 12.5. The smallest absolute Gasteiger partial charge is 0.196 e. The minimum atomic E-state index is -0.215. The Morgan fingerprint density at radius 3 is 2.14 bits per heavy atom. The Bertz CT molecular complexity index is 794. The normalized spacial score (nSPS) is 13.0. The molecular formula is C18H18N2O2. The van der Waals surface area contributed by atoms with Crippen molar-refractivity contribution in [3.05, 3.63) is 58.1 Å². The maximum atomic E-state index is 12.9. The average Bonchev–Trinajstić information content (AvgIpc) is 2.52. The summed E-state index contributed by atoms with van der Waals surface area (Å²) in [7, 11) is 0. The van der Waals surface area contributed by atoms with Crippen molar-refractivity contribution >= 4 is 22.9 Å². The number of aryl methyl sites for hydroxylation is 1. The number of unbranched alkanes of at least 4 members (excludes halogenated alkanes) is 1. The van der Waals surface area contributed by atoms with Gasteiger partial charge in [0.1, 0.15) is 0 Å². The van der Waals surface area contributed by atoms with Crippen LogP contribution in [0.2, 0.25) is 0 Å². The Balaban J connectivity index is 2.25. The number of hydrogen-bond donors (Lipinski definition) is 2. The van der Waals surface area contributed by atoms with Crippen LogP contribution in [-0.2, 0) is 6.42 Å². The number of rotatable bonds is 3. The van der Waals surface area contributed by atoms with Gasteiger partial charge in [0.2, 0.25) is 0 Å². The highest BCUT2D eigenvalue weighted by atomic mass is 16.1. The van der Waals surface area contributed by atoms with Crippen LogP contribution in [0, 0.1) is 0 Å². The minimum Gasteiger partial charge on any atom is -0.398 e. The Kier molecular flexibility index (Phi) is 3.45. The van der Waals surface area contributed by atoms with E-state index in [1.807, 2.05) is 12.1 Å². The highest BCUT2D eigenvalue weighted by Crippen LogP contribution is 2.35. The molecule has 0 aromatic heterocycles. The molecule has 0 heterocycles. The van der Waals surface area contributed by atoms with Gasteiger partial charge in [-0.15, -0.1) is 0 Å². The van der Waals surface area contributed by atoms with E-state index in [1.54, 1.807) is 18.2 Å². The fourth-order valence-electron chi connectivity index (χ4n) is 3.02. The third-order valence-electron chi connectivity index (χ3n) is 4.15. The maximum Gasteiger partial charge on any atom is 0.196 e. The highest BCUT2D eigenvalue weighted by Gasteiger charge is 2.34. The van der Waals surface area contributed by atoms with E-state index in [0.717, 1.165) is 24.8 Å². The van der Waals surface area contributed by atoms with Crippen molar-refractivity contribution in [3.8, 4) is 0 Å². The summed E-state index contributed by atoms with van der Waals surface area (Å²) in [4.78, 5) is 25.7. The van der Waals surface area contributed by atoms with Gasteiger partial charge >= 0.3 is 0 Å². The Hall–Kier alpha value is -2.62. The fourth-order valence-corrected chi connectivity index (χ4v) is 3.02. The zero-order valence-electron chi connectivity index (χ0n) is 12.5. The van der Waals surface area contributed by atoms with E-state index in [4.69, 9.17) is 11.5 Å². The number of nitrogens with two attached hydrogens (primary N) is 2. The van der Waals surface area contributed by atoms with Crippen LogP contribution in [-0.4, -0.2) is 11.6 Å². The molecule has 0 aliphatic heterocycles. The lowest BCUT2D eigenvalue weighted by Crippen LogP contribution is -2.25. The van der Waals surface area contributed by atoms with Crippen molar-refractivity contribution in [2.75, 3.05) is 11.5 Å². The molecule has 112 valence electrons. The van der Waals surface area contributed by atoms with Crippen LogP contribution in [0.1, 0.15) is 57.2 Å². The standard InChI is InChI=1S/C18H18N2O2/c1-2-3-5-10-6-4-7-11-14(10)18(22)16-13(20)9-8-12(19)15(16)17(11)21/h4,6-9H,2-3,5,19-20H2,1H3. The fraction of sp³-hybridized carbons (Fsp3) is 0.222. The average molecular weight is 294 g/mol. The molecular weight excluding hydrogens is 276 g/mol. The van der Waals surface area contributed by atoms with Crippen LogP contribution < -0.4 is 11.5 Å². The summed E-state index contributed by atoms with van der Waals surface area (Å²) < 4.78 is 0. The maximum absolute atomic E-state index is 12.9. The lowest BCUT2D eigenvalue weighted by atomic mass is 9.79. The second-order valence-electron chi connectivity index (χ2n) is 5.60. The molecule has 2 aromatic carbocycles. The number of carbonyl (C=O) groups is 2. The first-order valence-electron chi connectivity index (χ1n) is 7.45. The Labute approximate surface area is 129 Å². The van der Waals surface area contributed by atoms with Gasteiger partial charge in [0.05, 0.1) is 11.1 Å². The predicted molar refractivity (Wildman–Crippen MR) is 87.2 cm³/mol. The van der Waals surface area contributed by atoms with E-state index in [-0.39, 0.29) is 22.7 Å². The van der Waals surface area contributed by atoms with Crippen LogP contribution in [0.15, 0.2) is 30.3 Å². The molecule has 1 aliphatic carbocycles. The molecule has 3 rings (SSSR count). The van der Waals surface area contributed by atoms with Gasteiger partial charge in [-0.3, -0.25) is 9.59 Å². The summed E-state index contributed by atoms with van der Waals surface area (Å²) in [5.41, 5.74) is 14.8. The van der Waals surface area contributed by atoms with Crippen molar-refractivity contribution < 1.29 is 9.59 Å². The molecule has 0 amide bonds. The third kappa shape index (κ3) is 1.99. The topological polar surface area (TPSA) is 86.2 Å². The first-order chi connectivity index (χ1) is 10.6. The second-order valence-corrected chi connectivity index (χ2v) is 5.60. The number of anilines is 2. The summed E-state index contributed by atoms with van der Waals surface area (Å²) in [6, 6.07) is 8.58. The van der Waals surface area contributed by atoms with Gasteiger partial charge in [0.25, 0.3) is 0 Å². The van der Waals surface area contributed by atoms with Gasteiger partial charge in [-0.1, -0.05) is 31.5 Å². The molecule has 0 saturated carbocycles. The number of carbonyl (C=O) groups excluding carboxylic acids is 2. The lowest BCUT2D eigenvalue weighted by molar-refractivity contribution is 0.0979. The van der Waals surface area contributed by atoms with Crippen molar-refractivity contribution in [3.63, 3.8) is 0 Å². The molecule has 1 aliphatic rings. The highest BCUT2D eigenvalue weighted by molar-refractivity contribution is 6.32. The van der Waals surface area contributed by atoms with Crippen LogP contribution in [0.25, 0.3) is 0 Å². The number of ketones is 2. The van der Waals surface area contributed by atoms with E-state index in [2.05, 4.69) is 6.92 Å². The van der Waals surface area contributed by atoms with Crippen LogP contribution in [0.5, 0.6) is 0 Å².